The number of nitrogens with zero attached hydrogens (tertiary/aromatic N) is 2. The van der Waals surface area contributed by atoms with Crippen molar-refractivity contribution in [1.29, 1.82) is 0 Å². The maximum absolute atomic E-state index is 13.2. The normalized spacial score (nSPS) is 11.1. The Hall–Kier alpha value is -2.05. The molecule has 0 unspecified atom stereocenters. The highest BCUT2D eigenvalue weighted by Crippen LogP contribution is 2.40. The number of hydrogen-bond donors (Lipinski definition) is 2. The second-order valence-electron chi connectivity index (χ2n) is 4.99. The summed E-state index contributed by atoms with van der Waals surface area (Å²) in [7, 11) is 0. The van der Waals surface area contributed by atoms with Crippen molar-refractivity contribution in [3.63, 3.8) is 0 Å². The van der Waals surface area contributed by atoms with Crippen molar-refractivity contribution in [2.45, 2.75) is 13.8 Å². The SMILES string of the molecule is Cc1nc(NCCO)c2c(-c3ccc(F)cc3)c(C)sc2n1. The van der Waals surface area contributed by atoms with E-state index in [4.69, 9.17) is 5.11 Å². The Morgan fingerprint density at radius 1 is 1.18 bits per heavy atom. The third-order valence-electron chi connectivity index (χ3n) is 3.38. The number of aliphatic hydroxyl groups is 1. The minimum Gasteiger partial charge on any atom is -0.395 e. The summed E-state index contributed by atoms with van der Waals surface area (Å²) in [5.74, 6) is 1.13. The molecule has 2 aromatic heterocycles. The molecular weight excluding hydrogens is 301 g/mol. The molecule has 2 N–H and O–H groups in total. The van der Waals surface area contributed by atoms with Crippen molar-refractivity contribution in [3.8, 4) is 11.1 Å². The molecule has 114 valence electrons. The minimum absolute atomic E-state index is 0.0273. The Morgan fingerprint density at radius 3 is 2.59 bits per heavy atom. The van der Waals surface area contributed by atoms with Crippen LogP contribution in [0.1, 0.15) is 10.7 Å². The van der Waals surface area contributed by atoms with Gasteiger partial charge in [-0.05, 0) is 31.5 Å². The van der Waals surface area contributed by atoms with Gasteiger partial charge in [-0.15, -0.1) is 11.3 Å². The van der Waals surface area contributed by atoms with Crippen LogP contribution in [0.25, 0.3) is 21.3 Å². The number of nitrogens with one attached hydrogen (secondary N) is 1. The van der Waals surface area contributed by atoms with E-state index in [1.165, 1.54) is 12.1 Å². The van der Waals surface area contributed by atoms with Crippen LogP contribution >= 0.6 is 11.3 Å². The highest BCUT2D eigenvalue weighted by molar-refractivity contribution is 7.19. The first kappa shape index (κ1) is 14.9. The molecule has 3 aromatic rings. The molecule has 0 saturated heterocycles. The number of rotatable bonds is 4. The van der Waals surface area contributed by atoms with Gasteiger partial charge in [0.15, 0.2) is 0 Å². The molecule has 0 aliphatic rings. The molecule has 0 bridgehead atoms. The Balaban J connectivity index is 2.24. The van der Waals surface area contributed by atoms with Crippen molar-refractivity contribution in [2.24, 2.45) is 0 Å². The number of hydrogen-bond acceptors (Lipinski definition) is 5. The second kappa shape index (κ2) is 5.98. The highest BCUT2D eigenvalue weighted by atomic mass is 32.1. The number of aromatic nitrogens is 2. The van der Waals surface area contributed by atoms with Gasteiger partial charge in [-0.25, -0.2) is 14.4 Å². The first-order valence-corrected chi connectivity index (χ1v) is 7.80. The molecule has 0 aliphatic carbocycles. The summed E-state index contributed by atoms with van der Waals surface area (Å²) in [6.45, 7) is 4.31. The Bertz CT molecular complexity index is 814. The standard InChI is InChI=1S/C16H16FN3OS/c1-9-13(11-3-5-12(17)6-4-11)14-15(18-7-8-21)19-10(2)20-16(14)22-9/h3-6,21H,7-8H2,1-2H3,(H,18,19,20). The zero-order valence-corrected chi connectivity index (χ0v) is 13.2. The van der Waals surface area contributed by atoms with E-state index in [1.54, 1.807) is 23.5 Å². The molecule has 0 fully saturated rings. The summed E-state index contributed by atoms with van der Waals surface area (Å²) in [6.07, 6.45) is 0. The number of aliphatic hydroxyl groups excluding tert-OH is 1. The number of halogens is 1. The number of anilines is 1. The van der Waals surface area contributed by atoms with Gasteiger partial charge in [0.25, 0.3) is 0 Å². The summed E-state index contributed by atoms with van der Waals surface area (Å²) >= 11 is 1.59. The largest absolute Gasteiger partial charge is 0.395 e. The van der Waals surface area contributed by atoms with Crippen LogP contribution in [0, 0.1) is 19.7 Å². The van der Waals surface area contributed by atoms with Gasteiger partial charge in [-0.3, -0.25) is 0 Å². The predicted molar refractivity (Wildman–Crippen MR) is 87.9 cm³/mol. The Morgan fingerprint density at radius 2 is 1.91 bits per heavy atom. The van der Waals surface area contributed by atoms with E-state index < -0.39 is 0 Å². The van der Waals surface area contributed by atoms with Crippen LogP contribution in [0.3, 0.4) is 0 Å². The molecule has 22 heavy (non-hydrogen) atoms. The predicted octanol–water partition coefficient (Wildman–Crippen LogP) is 3.52. The van der Waals surface area contributed by atoms with Gasteiger partial charge in [0, 0.05) is 17.0 Å². The molecule has 0 saturated carbocycles. The fourth-order valence-electron chi connectivity index (χ4n) is 2.48. The van der Waals surface area contributed by atoms with E-state index in [1.807, 2.05) is 13.8 Å². The minimum atomic E-state index is -0.258. The van der Waals surface area contributed by atoms with Crippen LogP contribution in [0.15, 0.2) is 24.3 Å². The van der Waals surface area contributed by atoms with E-state index in [2.05, 4.69) is 15.3 Å². The molecule has 2 heterocycles. The van der Waals surface area contributed by atoms with Gasteiger partial charge in [0.2, 0.25) is 0 Å². The van der Waals surface area contributed by atoms with Crippen LogP contribution in [0.2, 0.25) is 0 Å². The lowest BCUT2D eigenvalue weighted by molar-refractivity contribution is 0.311. The Labute approximate surface area is 131 Å². The van der Waals surface area contributed by atoms with Crippen molar-refractivity contribution in [3.05, 3.63) is 40.8 Å². The van der Waals surface area contributed by atoms with Gasteiger partial charge < -0.3 is 10.4 Å². The average Bonchev–Trinajstić information content (AvgIpc) is 2.81. The van der Waals surface area contributed by atoms with Gasteiger partial charge in [0.1, 0.15) is 22.3 Å². The quantitative estimate of drug-likeness (QED) is 0.773. The van der Waals surface area contributed by atoms with Crippen LogP contribution in [-0.4, -0.2) is 28.2 Å². The second-order valence-corrected chi connectivity index (χ2v) is 6.19. The third-order valence-corrected chi connectivity index (χ3v) is 4.38. The lowest BCUT2D eigenvalue weighted by Crippen LogP contribution is -2.08. The zero-order valence-electron chi connectivity index (χ0n) is 12.4. The molecule has 0 aliphatic heterocycles. The number of aryl methyl sites for hydroxylation is 2. The van der Waals surface area contributed by atoms with Gasteiger partial charge in [-0.2, -0.15) is 0 Å². The third kappa shape index (κ3) is 2.67. The molecule has 0 spiro atoms. The van der Waals surface area contributed by atoms with Crippen molar-refractivity contribution in [1.82, 2.24) is 9.97 Å². The molecule has 0 atom stereocenters. The molecule has 6 heteroatoms. The maximum atomic E-state index is 13.2. The van der Waals surface area contributed by atoms with E-state index >= 15 is 0 Å². The van der Waals surface area contributed by atoms with Gasteiger partial charge >= 0.3 is 0 Å². The maximum Gasteiger partial charge on any atom is 0.139 e. The monoisotopic (exact) mass is 317 g/mol. The van der Waals surface area contributed by atoms with Crippen molar-refractivity contribution in [2.75, 3.05) is 18.5 Å². The van der Waals surface area contributed by atoms with E-state index in [0.29, 0.717) is 18.2 Å². The number of benzene rings is 1. The average molecular weight is 317 g/mol. The summed E-state index contributed by atoms with van der Waals surface area (Å²) < 4.78 is 13.2. The summed E-state index contributed by atoms with van der Waals surface area (Å²) in [4.78, 5) is 11.0. The van der Waals surface area contributed by atoms with E-state index in [0.717, 1.165) is 26.2 Å². The van der Waals surface area contributed by atoms with Crippen LogP contribution in [-0.2, 0) is 0 Å². The smallest absolute Gasteiger partial charge is 0.139 e. The molecule has 0 amide bonds. The fraction of sp³-hybridized carbons (Fsp3) is 0.250. The Kier molecular flexibility index (Phi) is 4.04. The lowest BCUT2D eigenvalue weighted by atomic mass is 10.0. The van der Waals surface area contributed by atoms with Gasteiger partial charge in [-0.1, -0.05) is 12.1 Å². The van der Waals surface area contributed by atoms with Crippen LogP contribution in [0.5, 0.6) is 0 Å². The molecule has 1 aromatic carbocycles. The molecule has 4 nitrogen and oxygen atoms in total. The first-order chi connectivity index (χ1) is 10.6. The van der Waals surface area contributed by atoms with Crippen molar-refractivity contribution < 1.29 is 9.50 Å². The molecule has 3 rings (SSSR count). The summed E-state index contributed by atoms with van der Waals surface area (Å²) in [5, 5.41) is 13.1. The van der Waals surface area contributed by atoms with Crippen LogP contribution in [0.4, 0.5) is 10.2 Å². The highest BCUT2D eigenvalue weighted by Gasteiger charge is 2.17. The van der Waals surface area contributed by atoms with Crippen LogP contribution < -0.4 is 5.32 Å². The molecule has 0 radical (unpaired) electrons. The van der Waals surface area contributed by atoms with Gasteiger partial charge in [0.05, 0.1) is 12.0 Å². The fourth-order valence-corrected chi connectivity index (χ4v) is 3.58. The summed E-state index contributed by atoms with van der Waals surface area (Å²) in [5.41, 5.74) is 1.95. The van der Waals surface area contributed by atoms with E-state index in [9.17, 15) is 4.39 Å². The lowest BCUT2D eigenvalue weighted by Gasteiger charge is -2.09. The topological polar surface area (TPSA) is 58.0 Å². The first-order valence-electron chi connectivity index (χ1n) is 6.98. The molecular formula is C16H16FN3OS. The number of thiophene rings is 1. The summed E-state index contributed by atoms with van der Waals surface area (Å²) in [6, 6.07) is 6.43. The zero-order chi connectivity index (χ0) is 15.7. The van der Waals surface area contributed by atoms with E-state index in [-0.39, 0.29) is 12.4 Å². The van der Waals surface area contributed by atoms with Crippen molar-refractivity contribution >= 4 is 27.4 Å². The number of fused-ring (bicyclic) bond motifs is 1.